The van der Waals surface area contributed by atoms with Crippen molar-refractivity contribution in [2.45, 2.75) is 6.92 Å². The molecule has 2 amide bonds. The van der Waals surface area contributed by atoms with E-state index < -0.39 is 0 Å². The van der Waals surface area contributed by atoms with Crippen molar-refractivity contribution in [1.82, 2.24) is 20.9 Å². The SMILES string of the molecule is CNCNC(=O)N1CC2CNCC(C)C2C1. The Hall–Kier alpha value is -0.810. The molecule has 0 bridgehead atoms. The maximum atomic E-state index is 11.8. The van der Waals surface area contributed by atoms with Crippen molar-refractivity contribution in [3.8, 4) is 0 Å². The number of urea groups is 1. The van der Waals surface area contributed by atoms with Gasteiger partial charge in [0, 0.05) is 13.1 Å². The largest absolute Gasteiger partial charge is 0.325 e. The molecule has 0 aromatic carbocycles. The molecule has 0 aromatic rings. The summed E-state index contributed by atoms with van der Waals surface area (Å²) >= 11 is 0. The highest BCUT2D eigenvalue weighted by Crippen LogP contribution is 2.31. The number of hydrogen-bond acceptors (Lipinski definition) is 3. The van der Waals surface area contributed by atoms with E-state index in [-0.39, 0.29) is 6.03 Å². The molecule has 5 heteroatoms. The lowest BCUT2D eigenvalue weighted by Crippen LogP contribution is -2.42. The molecule has 92 valence electrons. The monoisotopic (exact) mass is 226 g/mol. The van der Waals surface area contributed by atoms with Gasteiger partial charge < -0.3 is 20.9 Å². The first-order valence-electron chi connectivity index (χ1n) is 6.10. The van der Waals surface area contributed by atoms with Crippen LogP contribution >= 0.6 is 0 Å². The number of nitrogens with zero attached hydrogens (tertiary/aromatic N) is 1. The van der Waals surface area contributed by atoms with Gasteiger partial charge in [-0.05, 0) is 37.9 Å². The first-order chi connectivity index (χ1) is 7.72. The van der Waals surface area contributed by atoms with Gasteiger partial charge in [0.15, 0.2) is 0 Å². The van der Waals surface area contributed by atoms with E-state index in [0.717, 1.165) is 26.2 Å². The van der Waals surface area contributed by atoms with Crippen LogP contribution in [0, 0.1) is 17.8 Å². The van der Waals surface area contributed by atoms with Crippen molar-refractivity contribution in [3.05, 3.63) is 0 Å². The highest BCUT2D eigenvalue weighted by Gasteiger charge is 2.39. The van der Waals surface area contributed by atoms with Crippen molar-refractivity contribution < 1.29 is 4.79 Å². The van der Waals surface area contributed by atoms with Gasteiger partial charge in [-0.1, -0.05) is 6.92 Å². The Morgan fingerprint density at radius 2 is 2.25 bits per heavy atom. The number of fused-ring (bicyclic) bond motifs is 1. The van der Waals surface area contributed by atoms with Crippen LogP contribution < -0.4 is 16.0 Å². The van der Waals surface area contributed by atoms with Crippen LogP contribution in [0.1, 0.15) is 6.92 Å². The standard InChI is InChI=1S/C11H22N4O/c1-8-3-13-4-9-5-15(6-10(8)9)11(16)14-7-12-2/h8-10,12-13H,3-7H2,1-2H3,(H,14,16). The smallest absolute Gasteiger partial charge is 0.318 e. The van der Waals surface area contributed by atoms with Gasteiger partial charge in [-0.3, -0.25) is 0 Å². The molecule has 0 aliphatic carbocycles. The van der Waals surface area contributed by atoms with Crippen molar-refractivity contribution >= 4 is 6.03 Å². The van der Waals surface area contributed by atoms with Crippen LogP contribution in [0.4, 0.5) is 4.79 Å². The molecule has 2 aliphatic rings. The van der Waals surface area contributed by atoms with Crippen LogP contribution in [0.15, 0.2) is 0 Å². The summed E-state index contributed by atoms with van der Waals surface area (Å²) in [6, 6.07) is 0.0657. The summed E-state index contributed by atoms with van der Waals surface area (Å²) in [5.74, 6) is 2.01. The van der Waals surface area contributed by atoms with Gasteiger partial charge >= 0.3 is 6.03 Å². The predicted octanol–water partition coefficient (Wildman–Crippen LogP) is -0.340. The van der Waals surface area contributed by atoms with Crippen molar-refractivity contribution in [3.63, 3.8) is 0 Å². The fourth-order valence-electron chi connectivity index (χ4n) is 2.85. The Balaban J connectivity index is 1.88. The molecule has 2 saturated heterocycles. The van der Waals surface area contributed by atoms with E-state index in [1.807, 2.05) is 11.9 Å². The molecule has 3 unspecified atom stereocenters. The number of likely N-dealkylation sites (tertiary alicyclic amines) is 1. The summed E-state index contributed by atoms with van der Waals surface area (Å²) in [7, 11) is 1.83. The van der Waals surface area contributed by atoms with Gasteiger partial charge in [0.05, 0.1) is 6.67 Å². The molecule has 3 atom stereocenters. The van der Waals surface area contributed by atoms with Crippen LogP contribution in [0.5, 0.6) is 0 Å². The van der Waals surface area contributed by atoms with Crippen LogP contribution in [0.25, 0.3) is 0 Å². The number of nitrogens with one attached hydrogen (secondary N) is 3. The fraction of sp³-hybridized carbons (Fsp3) is 0.909. The molecule has 2 fully saturated rings. The summed E-state index contributed by atoms with van der Waals surface area (Å²) < 4.78 is 0. The highest BCUT2D eigenvalue weighted by molar-refractivity contribution is 5.74. The zero-order valence-corrected chi connectivity index (χ0v) is 10.1. The number of amides is 2. The van der Waals surface area contributed by atoms with E-state index in [4.69, 9.17) is 0 Å². The third-order valence-corrected chi connectivity index (χ3v) is 3.80. The predicted molar refractivity (Wildman–Crippen MR) is 63.0 cm³/mol. The molecular formula is C11H22N4O. The topological polar surface area (TPSA) is 56.4 Å². The van der Waals surface area contributed by atoms with Crippen LogP contribution in [0.3, 0.4) is 0 Å². The van der Waals surface area contributed by atoms with Crippen molar-refractivity contribution in [2.75, 3.05) is 39.9 Å². The Morgan fingerprint density at radius 1 is 1.44 bits per heavy atom. The summed E-state index contributed by atoms with van der Waals surface area (Å²) in [5.41, 5.74) is 0. The third-order valence-electron chi connectivity index (χ3n) is 3.80. The normalized spacial score (nSPS) is 33.6. The first kappa shape index (κ1) is 11.7. The lowest BCUT2D eigenvalue weighted by Gasteiger charge is -2.30. The lowest BCUT2D eigenvalue weighted by molar-refractivity contribution is 0.204. The number of carbonyl (C=O) groups is 1. The summed E-state index contributed by atoms with van der Waals surface area (Å²) in [6.45, 7) is 6.79. The van der Waals surface area contributed by atoms with E-state index in [1.165, 1.54) is 0 Å². The molecule has 16 heavy (non-hydrogen) atoms. The summed E-state index contributed by atoms with van der Waals surface area (Å²) in [6.07, 6.45) is 0. The second-order valence-electron chi connectivity index (χ2n) is 4.98. The molecule has 0 aromatic heterocycles. The van der Waals surface area contributed by atoms with E-state index >= 15 is 0 Å². The minimum atomic E-state index is 0.0657. The van der Waals surface area contributed by atoms with Gasteiger partial charge in [-0.2, -0.15) is 0 Å². The molecular weight excluding hydrogens is 204 g/mol. The Morgan fingerprint density at radius 3 is 2.94 bits per heavy atom. The highest BCUT2D eigenvalue weighted by atomic mass is 16.2. The second kappa shape index (κ2) is 5.01. The molecule has 2 heterocycles. The molecule has 3 N–H and O–H groups in total. The van der Waals surface area contributed by atoms with Crippen molar-refractivity contribution in [1.29, 1.82) is 0 Å². The quantitative estimate of drug-likeness (QED) is 0.565. The average Bonchev–Trinajstić information content (AvgIpc) is 2.71. The number of hydrogen-bond donors (Lipinski definition) is 3. The zero-order valence-electron chi connectivity index (χ0n) is 10.1. The van der Waals surface area contributed by atoms with Crippen LogP contribution in [-0.2, 0) is 0 Å². The maximum Gasteiger partial charge on any atom is 0.318 e. The van der Waals surface area contributed by atoms with Gasteiger partial charge in [0.2, 0.25) is 0 Å². The molecule has 0 saturated carbocycles. The van der Waals surface area contributed by atoms with Gasteiger partial charge in [-0.15, -0.1) is 0 Å². The Kier molecular flexibility index (Phi) is 3.66. The minimum absolute atomic E-state index is 0.0657. The first-order valence-corrected chi connectivity index (χ1v) is 6.10. The molecule has 5 nitrogen and oxygen atoms in total. The number of piperidine rings is 1. The van der Waals surface area contributed by atoms with Crippen LogP contribution in [0.2, 0.25) is 0 Å². The summed E-state index contributed by atoms with van der Waals surface area (Å²) in [5, 5.41) is 9.21. The lowest BCUT2D eigenvalue weighted by atomic mass is 9.82. The van der Waals surface area contributed by atoms with E-state index in [2.05, 4.69) is 22.9 Å². The molecule has 0 spiro atoms. The maximum absolute atomic E-state index is 11.8. The molecule has 2 aliphatic heterocycles. The van der Waals surface area contributed by atoms with Gasteiger partial charge in [-0.25, -0.2) is 4.79 Å². The molecule has 2 rings (SSSR count). The number of rotatable bonds is 2. The Labute approximate surface area is 96.9 Å². The van der Waals surface area contributed by atoms with Gasteiger partial charge in [0.1, 0.15) is 0 Å². The zero-order chi connectivity index (χ0) is 11.5. The van der Waals surface area contributed by atoms with E-state index in [9.17, 15) is 4.79 Å². The minimum Gasteiger partial charge on any atom is -0.325 e. The van der Waals surface area contributed by atoms with E-state index in [0.29, 0.717) is 24.4 Å². The third kappa shape index (κ3) is 2.30. The van der Waals surface area contributed by atoms with E-state index in [1.54, 1.807) is 0 Å². The van der Waals surface area contributed by atoms with Crippen LogP contribution in [-0.4, -0.2) is 50.8 Å². The van der Waals surface area contributed by atoms with Crippen molar-refractivity contribution in [2.24, 2.45) is 17.8 Å². The molecule has 0 radical (unpaired) electrons. The summed E-state index contributed by atoms with van der Waals surface area (Å²) in [4.78, 5) is 13.8. The number of carbonyl (C=O) groups excluding carboxylic acids is 1. The Bertz CT molecular complexity index is 258. The fourth-order valence-corrected chi connectivity index (χ4v) is 2.85. The average molecular weight is 226 g/mol. The van der Waals surface area contributed by atoms with Gasteiger partial charge in [0.25, 0.3) is 0 Å². The second-order valence-corrected chi connectivity index (χ2v) is 4.98.